The fraction of sp³-hybridized carbons (Fsp3) is 0.391. The van der Waals surface area contributed by atoms with Crippen LogP contribution in [0.25, 0.3) is 10.2 Å². The summed E-state index contributed by atoms with van der Waals surface area (Å²) in [6.45, 7) is 3.42. The summed E-state index contributed by atoms with van der Waals surface area (Å²) in [6, 6.07) is 4.30. The number of aromatic nitrogens is 2. The van der Waals surface area contributed by atoms with E-state index < -0.39 is 11.8 Å². The molecule has 0 radical (unpaired) electrons. The van der Waals surface area contributed by atoms with Crippen LogP contribution in [0.2, 0.25) is 0 Å². The Morgan fingerprint density at radius 2 is 2.09 bits per heavy atom. The van der Waals surface area contributed by atoms with E-state index in [1.807, 2.05) is 6.92 Å². The Balaban J connectivity index is 1.62. The summed E-state index contributed by atoms with van der Waals surface area (Å²) in [4.78, 5) is 33.2. The lowest BCUT2D eigenvalue weighted by atomic mass is 10.0. The molecular formula is C23H24FN3O4S. The largest absolute Gasteiger partial charge is 0.488 e. The number of methoxy groups -OCH3 is 1. The molecule has 32 heavy (non-hydrogen) atoms. The van der Waals surface area contributed by atoms with E-state index >= 15 is 0 Å². The molecule has 0 unspecified atom stereocenters. The lowest BCUT2D eigenvalue weighted by Crippen LogP contribution is -2.14. The normalized spacial score (nSPS) is 18.0. The third-order valence-corrected chi connectivity index (χ3v) is 6.84. The number of carbonyl (C=O) groups excluding carboxylic acids is 2. The molecule has 1 aromatic carbocycles. The molecule has 1 aliphatic rings. The van der Waals surface area contributed by atoms with Crippen molar-refractivity contribution in [2.45, 2.75) is 45.6 Å². The van der Waals surface area contributed by atoms with E-state index in [0.29, 0.717) is 50.3 Å². The first-order valence-electron chi connectivity index (χ1n) is 10.4. The minimum absolute atomic E-state index is 0.0825. The number of thiophene rings is 1. The Kier molecular flexibility index (Phi) is 6.36. The molecule has 2 atom stereocenters. The molecule has 3 aromatic rings. The zero-order valence-corrected chi connectivity index (χ0v) is 18.9. The Hall–Kier alpha value is -3.07. The lowest BCUT2D eigenvalue weighted by molar-refractivity contribution is -0.117. The van der Waals surface area contributed by atoms with Crippen molar-refractivity contribution in [2.24, 2.45) is 5.92 Å². The molecule has 2 heterocycles. The molecule has 9 heteroatoms. The van der Waals surface area contributed by atoms with Crippen LogP contribution in [0.4, 0.5) is 15.9 Å². The molecule has 1 aliphatic carbocycles. The Morgan fingerprint density at radius 1 is 1.28 bits per heavy atom. The molecular weight excluding hydrogens is 433 g/mol. The maximum atomic E-state index is 14.0. The average molecular weight is 458 g/mol. The number of carbonyl (C=O) groups is 2. The van der Waals surface area contributed by atoms with Gasteiger partial charge < -0.3 is 19.6 Å². The number of fused-ring (bicyclic) bond motifs is 1. The first-order chi connectivity index (χ1) is 15.4. The average Bonchev–Trinajstić information content (AvgIpc) is 3.33. The fourth-order valence-electron chi connectivity index (χ4n) is 4.19. The van der Waals surface area contributed by atoms with Gasteiger partial charge in [-0.3, -0.25) is 0 Å². The van der Waals surface area contributed by atoms with E-state index in [0.717, 1.165) is 19.3 Å². The second kappa shape index (κ2) is 9.20. The molecule has 1 saturated carbocycles. The maximum Gasteiger partial charge on any atom is 0.348 e. The number of esters is 1. The van der Waals surface area contributed by atoms with Crippen molar-refractivity contribution in [3.05, 3.63) is 40.8 Å². The minimum atomic E-state index is -0.427. The molecule has 0 amide bonds. The first kappa shape index (κ1) is 22.1. The topological polar surface area (TPSA) is 90.4 Å². The zero-order valence-electron chi connectivity index (χ0n) is 18.1. The highest BCUT2D eigenvalue weighted by molar-refractivity contribution is 7.20. The van der Waals surface area contributed by atoms with Gasteiger partial charge in [-0.15, -0.1) is 11.3 Å². The third-order valence-electron chi connectivity index (χ3n) is 5.66. The van der Waals surface area contributed by atoms with E-state index in [1.165, 1.54) is 36.9 Å². The number of hydrogen-bond donors (Lipinski definition) is 1. The van der Waals surface area contributed by atoms with Gasteiger partial charge in [0.15, 0.2) is 0 Å². The first-order valence-corrected chi connectivity index (χ1v) is 11.2. The molecule has 1 fully saturated rings. The summed E-state index contributed by atoms with van der Waals surface area (Å²) in [5, 5.41) is 3.93. The number of ketones is 1. The van der Waals surface area contributed by atoms with Crippen LogP contribution in [0.1, 0.15) is 47.8 Å². The van der Waals surface area contributed by atoms with Crippen molar-refractivity contribution >= 4 is 44.8 Å². The van der Waals surface area contributed by atoms with Crippen LogP contribution in [0.3, 0.4) is 0 Å². The van der Waals surface area contributed by atoms with Gasteiger partial charge in [-0.2, -0.15) is 0 Å². The van der Waals surface area contributed by atoms with E-state index in [1.54, 1.807) is 13.0 Å². The van der Waals surface area contributed by atoms with Gasteiger partial charge in [0.1, 0.15) is 39.2 Å². The summed E-state index contributed by atoms with van der Waals surface area (Å²) < 4.78 is 25.0. The van der Waals surface area contributed by atoms with Gasteiger partial charge in [0, 0.05) is 12.5 Å². The van der Waals surface area contributed by atoms with Gasteiger partial charge >= 0.3 is 5.97 Å². The van der Waals surface area contributed by atoms with Crippen molar-refractivity contribution in [3.8, 4) is 5.75 Å². The van der Waals surface area contributed by atoms with Crippen molar-refractivity contribution in [2.75, 3.05) is 12.4 Å². The van der Waals surface area contributed by atoms with Crippen LogP contribution in [-0.4, -0.2) is 34.9 Å². The van der Waals surface area contributed by atoms with Gasteiger partial charge in [0.2, 0.25) is 0 Å². The molecule has 168 valence electrons. The Labute approximate surface area is 189 Å². The van der Waals surface area contributed by atoms with Gasteiger partial charge in [0.05, 0.1) is 24.3 Å². The summed E-state index contributed by atoms with van der Waals surface area (Å²) in [7, 11) is 1.34. The SMILES string of the molecule is COC(=O)c1sc2ncnc(Nc3ccc(F)cc3O[C@H]3CC[C@H](CC(C)=O)C3)c2c1C. The van der Waals surface area contributed by atoms with Gasteiger partial charge in [-0.25, -0.2) is 19.2 Å². The number of ether oxygens (including phenoxy) is 2. The number of hydrogen-bond acceptors (Lipinski definition) is 8. The third kappa shape index (κ3) is 4.57. The number of benzene rings is 1. The minimum Gasteiger partial charge on any atom is -0.488 e. The summed E-state index contributed by atoms with van der Waals surface area (Å²) in [5.74, 6) is 0.519. The van der Waals surface area contributed by atoms with Gasteiger partial charge in [0.25, 0.3) is 0 Å². The Morgan fingerprint density at radius 3 is 2.84 bits per heavy atom. The van der Waals surface area contributed by atoms with Crippen molar-refractivity contribution in [1.29, 1.82) is 0 Å². The second-order valence-corrected chi connectivity index (χ2v) is 9.04. The monoisotopic (exact) mass is 457 g/mol. The lowest BCUT2D eigenvalue weighted by Gasteiger charge is -2.18. The Bertz CT molecular complexity index is 1180. The van der Waals surface area contributed by atoms with Crippen LogP contribution in [0.5, 0.6) is 5.75 Å². The second-order valence-electron chi connectivity index (χ2n) is 8.04. The van der Waals surface area contributed by atoms with Gasteiger partial charge in [-0.05, 0) is 56.7 Å². The van der Waals surface area contributed by atoms with Gasteiger partial charge in [-0.1, -0.05) is 0 Å². The van der Waals surface area contributed by atoms with E-state index in [-0.39, 0.29) is 11.9 Å². The van der Waals surface area contributed by atoms with E-state index in [9.17, 15) is 14.0 Å². The number of Topliss-reactive ketones (excluding diaryl/α,β-unsaturated/α-hetero) is 1. The standard InChI is InChI=1S/C23H24FN3O4S/c1-12(28)8-14-4-6-16(9-14)31-18-10-15(24)5-7-17(18)27-21-19-13(2)20(23(29)30-3)32-22(19)26-11-25-21/h5,7,10-11,14,16H,4,6,8-9H2,1-3H3,(H,25,26,27)/t14-,16+/m1/s1. The number of halogens is 1. The molecule has 0 saturated heterocycles. The molecule has 0 aliphatic heterocycles. The van der Waals surface area contributed by atoms with Crippen molar-refractivity contribution < 1.29 is 23.5 Å². The smallest absolute Gasteiger partial charge is 0.348 e. The van der Waals surface area contributed by atoms with E-state index in [4.69, 9.17) is 9.47 Å². The van der Waals surface area contributed by atoms with Crippen LogP contribution in [-0.2, 0) is 9.53 Å². The summed E-state index contributed by atoms with van der Waals surface area (Å²) in [5.41, 5.74) is 1.28. The highest BCUT2D eigenvalue weighted by atomic mass is 32.1. The highest BCUT2D eigenvalue weighted by Crippen LogP contribution is 2.38. The predicted octanol–water partition coefficient (Wildman–Crippen LogP) is 5.20. The summed E-state index contributed by atoms with van der Waals surface area (Å²) >= 11 is 1.23. The van der Waals surface area contributed by atoms with Crippen LogP contribution >= 0.6 is 11.3 Å². The number of nitrogens with one attached hydrogen (secondary N) is 1. The molecule has 7 nitrogen and oxygen atoms in total. The van der Waals surface area contributed by atoms with Crippen LogP contribution in [0, 0.1) is 18.7 Å². The number of nitrogens with zero attached hydrogens (tertiary/aromatic N) is 2. The molecule has 4 rings (SSSR count). The molecule has 2 aromatic heterocycles. The van der Waals surface area contributed by atoms with Crippen molar-refractivity contribution in [1.82, 2.24) is 9.97 Å². The summed E-state index contributed by atoms with van der Waals surface area (Å²) in [6.07, 6.45) is 4.37. The highest BCUT2D eigenvalue weighted by Gasteiger charge is 2.28. The zero-order chi connectivity index (χ0) is 22.8. The predicted molar refractivity (Wildman–Crippen MR) is 120 cm³/mol. The van der Waals surface area contributed by atoms with Crippen LogP contribution < -0.4 is 10.1 Å². The molecule has 0 bridgehead atoms. The quantitative estimate of drug-likeness (QED) is 0.488. The van der Waals surface area contributed by atoms with E-state index in [2.05, 4.69) is 15.3 Å². The van der Waals surface area contributed by atoms with Crippen LogP contribution in [0.15, 0.2) is 24.5 Å². The number of rotatable bonds is 7. The fourth-order valence-corrected chi connectivity index (χ4v) is 5.25. The maximum absolute atomic E-state index is 14.0. The number of aryl methyl sites for hydroxylation is 1. The molecule has 0 spiro atoms. The number of anilines is 2. The molecule has 1 N–H and O–H groups in total. The van der Waals surface area contributed by atoms with Crippen molar-refractivity contribution in [3.63, 3.8) is 0 Å².